The topological polar surface area (TPSA) is 50.2 Å². The number of nitrogens with zero attached hydrogens (tertiary/aromatic N) is 3. The van der Waals surface area contributed by atoms with Gasteiger partial charge in [0.05, 0.1) is 6.04 Å². The Morgan fingerprint density at radius 2 is 2.24 bits per heavy atom. The SMILES string of the molecule is CC(C)CN(C(=O)c1ccn(C2CCCNC2)n1)C(C)C. The van der Waals surface area contributed by atoms with Crippen molar-refractivity contribution in [1.29, 1.82) is 0 Å². The van der Waals surface area contributed by atoms with Gasteiger partial charge in [-0.25, -0.2) is 0 Å². The first-order valence-electron chi connectivity index (χ1n) is 8.06. The maximum atomic E-state index is 12.7. The maximum Gasteiger partial charge on any atom is 0.274 e. The van der Waals surface area contributed by atoms with Crippen LogP contribution >= 0.6 is 0 Å². The Hall–Kier alpha value is -1.36. The summed E-state index contributed by atoms with van der Waals surface area (Å²) in [6.45, 7) is 11.2. The van der Waals surface area contributed by atoms with Crippen molar-refractivity contribution in [3.63, 3.8) is 0 Å². The van der Waals surface area contributed by atoms with Gasteiger partial charge in [-0.1, -0.05) is 13.8 Å². The van der Waals surface area contributed by atoms with Crippen LogP contribution in [0.15, 0.2) is 12.3 Å². The van der Waals surface area contributed by atoms with Crippen molar-refractivity contribution < 1.29 is 4.79 Å². The third-order valence-corrected chi connectivity index (χ3v) is 3.92. The minimum absolute atomic E-state index is 0.0428. The summed E-state index contributed by atoms with van der Waals surface area (Å²) in [6, 6.07) is 2.42. The molecule has 0 bridgehead atoms. The third kappa shape index (κ3) is 4.06. The first-order chi connectivity index (χ1) is 9.99. The smallest absolute Gasteiger partial charge is 0.274 e. The van der Waals surface area contributed by atoms with Gasteiger partial charge in [-0.05, 0) is 45.2 Å². The highest BCUT2D eigenvalue weighted by atomic mass is 16.2. The van der Waals surface area contributed by atoms with E-state index in [4.69, 9.17) is 0 Å². The largest absolute Gasteiger partial charge is 0.335 e. The molecule has 1 N–H and O–H groups in total. The lowest BCUT2D eigenvalue weighted by Gasteiger charge is -2.28. The number of hydrogen-bond acceptors (Lipinski definition) is 3. The van der Waals surface area contributed by atoms with E-state index in [0.29, 0.717) is 17.7 Å². The van der Waals surface area contributed by atoms with Crippen molar-refractivity contribution >= 4 is 5.91 Å². The van der Waals surface area contributed by atoms with Gasteiger partial charge in [0.2, 0.25) is 0 Å². The Bertz CT molecular complexity index is 461. The van der Waals surface area contributed by atoms with Crippen molar-refractivity contribution in [1.82, 2.24) is 20.0 Å². The standard InChI is InChI=1S/C16H28N4O/c1-12(2)11-19(13(3)4)16(21)15-7-9-20(18-15)14-6-5-8-17-10-14/h7,9,12-14,17H,5-6,8,10-11H2,1-4H3. The summed E-state index contributed by atoms with van der Waals surface area (Å²) in [7, 11) is 0. The Balaban J connectivity index is 2.09. The molecule has 1 aromatic rings. The van der Waals surface area contributed by atoms with Crippen LogP contribution in [0.1, 0.15) is 57.1 Å². The number of amides is 1. The Morgan fingerprint density at radius 1 is 1.48 bits per heavy atom. The van der Waals surface area contributed by atoms with Crippen LogP contribution in [-0.4, -0.2) is 46.3 Å². The van der Waals surface area contributed by atoms with Crippen molar-refractivity contribution in [2.45, 2.75) is 52.6 Å². The molecule has 1 aliphatic heterocycles. The summed E-state index contributed by atoms with van der Waals surface area (Å²) in [4.78, 5) is 14.6. The van der Waals surface area contributed by atoms with Crippen LogP contribution in [0.5, 0.6) is 0 Å². The van der Waals surface area contributed by atoms with Gasteiger partial charge in [0.1, 0.15) is 5.69 Å². The number of hydrogen-bond donors (Lipinski definition) is 1. The third-order valence-electron chi connectivity index (χ3n) is 3.92. The van der Waals surface area contributed by atoms with Crippen LogP contribution < -0.4 is 5.32 Å². The van der Waals surface area contributed by atoms with E-state index in [2.05, 4.69) is 38.1 Å². The van der Waals surface area contributed by atoms with E-state index < -0.39 is 0 Å². The summed E-state index contributed by atoms with van der Waals surface area (Å²) < 4.78 is 1.95. The molecule has 5 nitrogen and oxygen atoms in total. The normalized spacial score (nSPS) is 19.2. The van der Waals surface area contributed by atoms with Gasteiger partial charge in [-0.15, -0.1) is 0 Å². The first-order valence-corrected chi connectivity index (χ1v) is 8.06. The van der Waals surface area contributed by atoms with Crippen molar-refractivity contribution in [2.75, 3.05) is 19.6 Å². The van der Waals surface area contributed by atoms with Crippen LogP contribution in [0.2, 0.25) is 0 Å². The summed E-state index contributed by atoms with van der Waals surface area (Å²) >= 11 is 0. The maximum absolute atomic E-state index is 12.7. The van der Waals surface area contributed by atoms with E-state index >= 15 is 0 Å². The molecule has 0 saturated carbocycles. The van der Waals surface area contributed by atoms with Crippen LogP contribution in [0.25, 0.3) is 0 Å². The predicted molar refractivity (Wildman–Crippen MR) is 84.4 cm³/mol. The predicted octanol–water partition coefficient (Wildman–Crippen LogP) is 2.31. The number of piperidine rings is 1. The molecular weight excluding hydrogens is 264 g/mol. The molecule has 1 aliphatic rings. The number of rotatable bonds is 5. The minimum Gasteiger partial charge on any atom is -0.335 e. The van der Waals surface area contributed by atoms with Crippen LogP contribution in [0, 0.1) is 5.92 Å². The highest BCUT2D eigenvalue weighted by Crippen LogP contribution is 2.17. The molecule has 21 heavy (non-hydrogen) atoms. The zero-order valence-electron chi connectivity index (χ0n) is 13.7. The molecule has 0 aliphatic carbocycles. The van der Waals surface area contributed by atoms with Crippen LogP contribution in [-0.2, 0) is 0 Å². The molecule has 1 atom stereocenters. The summed E-state index contributed by atoms with van der Waals surface area (Å²) in [5.74, 6) is 0.502. The molecule has 0 radical (unpaired) electrons. The monoisotopic (exact) mass is 292 g/mol. The number of carbonyl (C=O) groups is 1. The van der Waals surface area contributed by atoms with Crippen molar-refractivity contribution in [3.05, 3.63) is 18.0 Å². The highest BCUT2D eigenvalue weighted by molar-refractivity contribution is 5.92. The van der Waals surface area contributed by atoms with Crippen molar-refractivity contribution in [3.8, 4) is 0 Å². The lowest BCUT2D eigenvalue weighted by molar-refractivity contribution is 0.0674. The molecule has 118 valence electrons. The van der Waals surface area contributed by atoms with Crippen molar-refractivity contribution in [2.24, 2.45) is 5.92 Å². The molecule has 1 amide bonds. The van der Waals surface area contributed by atoms with Gasteiger partial charge >= 0.3 is 0 Å². The zero-order valence-corrected chi connectivity index (χ0v) is 13.7. The first kappa shape index (κ1) is 16.0. The van der Waals surface area contributed by atoms with E-state index in [9.17, 15) is 4.79 Å². The van der Waals surface area contributed by atoms with Crippen LogP contribution in [0.3, 0.4) is 0 Å². The molecule has 1 aromatic heterocycles. The molecule has 2 rings (SSSR count). The van der Waals surface area contributed by atoms with Gasteiger partial charge in [-0.3, -0.25) is 9.48 Å². The average Bonchev–Trinajstić information content (AvgIpc) is 2.94. The fraction of sp³-hybridized carbons (Fsp3) is 0.750. The summed E-state index contributed by atoms with van der Waals surface area (Å²) in [5.41, 5.74) is 0.565. The van der Waals surface area contributed by atoms with E-state index in [0.717, 1.165) is 26.1 Å². The number of aromatic nitrogens is 2. The number of carbonyl (C=O) groups excluding carboxylic acids is 1. The van der Waals surface area contributed by atoms with E-state index in [-0.39, 0.29) is 11.9 Å². The summed E-state index contributed by atoms with van der Waals surface area (Å²) in [5, 5.41) is 7.91. The fourth-order valence-corrected chi connectivity index (χ4v) is 2.78. The zero-order chi connectivity index (χ0) is 15.4. The lowest BCUT2D eigenvalue weighted by Crippen LogP contribution is -2.40. The quantitative estimate of drug-likeness (QED) is 0.906. The van der Waals surface area contributed by atoms with Gasteiger partial charge in [-0.2, -0.15) is 5.10 Å². The minimum atomic E-state index is 0.0428. The molecule has 1 fully saturated rings. The van der Waals surface area contributed by atoms with Gasteiger partial charge in [0.25, 0.3) is 5.91 Å². The fourth-order valence-electron chi connectivity index (χ4n) is 2.78. The van der Waals surface area contributed by atoms with E-state index in [1.165, 1.54) is 6.42 Å². The lowest BCUT2D eigenvalue weighted by atomic mass is 10.1. The molecule has 5 heteroatoms. The average molecular weight is 292 g/mol. The van der Waals surface area contributed by atoms with Crippen LogP contribution in [0.4, 0.5) is 0 Å². The molecule has 0 spiro atoms. The van der Waals surface area contributed by atoms with E-state index in [1.54, 1.807) is 0 Å². The Morgan fingerprint density at radius 3 is 2.81 bits per heavy atom. The summed E-state index contributed by atoms with van der Waals surface area (Å²) in [6.07, 6.45) is 4.24. The Kier molecular flexibility index (Phi) is 5.39. The number of nitrogens with one attached hydrogen (secondary N) is 1. The molecular formula is C16H28N4O. The highest BCUT2D eigenvalue weighted by Gasteiger charge is 2.23. The van der Waals surface area contributed by atoms with E-state index in [1.807, 2.05) is 21.8 Å². The second-order valence-corrected chi connectivity index (χ2v) is 6.63. The second-order valence-electron chi connectivity index (χ2n) is 6.63. The van der Waals surface area contributed by atoms with Gasteiger partial charge < -0.3 is 10.2 Å². The van der Waals surface area contributed by atoms with Gasteiger partial charge in [0, 0.05) is 25.3 Å². The molecule has 2 heterocycles. The van der Waals surface area contributed by atoms with Gasteiger partial charge in [0.15, 0.2) is 0 Å². The molecule has 1 unspecified atom stereocenters. The Labute approximate surface area is 127 Å². The molecule has 1 saturated heterocycles. The second kappa shape index (κ2) is 7.07. The molecule has 0 aromatic carbocycles.